The molecule has 4 aromatic rings. The number of benzene rings is 1. The van der Waals surface area contributed by atoms with Crippen LogP contribution in [0.3, 0.4) is 0 Å². The Hall–Kier alpha value is -3.68. The van der Waals surface area contributed by atoms with Gasteiger partial charge in [0, 0.05) is 48.0 Å². The lowest BCUT2D eigenvalue weighted by molar-refractivity contribution is 0.0930. The van der Waals surface area contributed by atoms with Crippen molar-refractivity contribution in [2.45, 2.75) is 26.5 Å². The highest BCUT2D eigenvalue weighted by molar-refractivity contribution is 5.92. The van der Waals surface area contributed by atoms with E-state index in [4.69, 9.17) is 9.26 Å². The molecule has 0 bridgehead atoms. The molecule has 1 N–H and O–H groups in total. The van der Waals surface area contributed by atoms with E-state index in [-0.39, 0.29) is 24.2 Å². The molecule has 0 radical (unpaired) electrons. The van der Waals surface area contributed by atoms with Crippen LogP contribution in [0.15, 0.2) is 53.4 Å². The van der Waals surface area contributed by atoms with Gasteiger partial charge in [-0.05, 0) is 26.0 Å². The third kappa shape index (κ3) is 3.96. The molecule has 4 rings (SSSR count). The molecule has 0 spiro atoms. The quantitative estimate of drug-likeness (QED) is 0.542. The highest BCUT2D eigenvalue weighted by Crippen LogP contribution is 2.25. The van der Waals surface area contributed by atoms with Crippen LogP contribution in [0.1, 0.15) is 40.5 Å². The van der Waals surface area contributed by atoms with Crippen molar-refractivity contribution in [2.75, 3.05) is 0 Å². The molecule has 0 saturated carbocycles. The SMILES string of the molecule is Cc1nn(C)cc1C(C)NC(=O)c1cc(COc2cccc3cnccc23)on1. The Morgan fingerprint density at radius 2 is 2.21 bits per heavy atom. The lowest BCUT2D eigenvalue weighted by atomic mass is 10.1. The number of aromatic nitrogens is 4. The number of ether oxygens (including phenoxy) is 1. The predicted molar refractivity (Wildman–Crippen MR) is 106 cm³/mol. The fraction of sp³-hybridized carbons (Fsp3) is 0.238. The minimum Gasteiger partial charge on any atom is -0.485 e. The average molecular weight is 391 g/mol. The third-order valence-corrected chi connectivity index (χ3v) is 4.67. The number of fused-ring (bicyclic) bond motifs is 1. The number of carbonyl (C=O) groups is 1. The molecule has 0 saturated heterocycles. The summed E-state index contributed by atoms with van der Waals surface area (Å²) < 4.78 is 12.9. The molecule has 0 fully saturated rings. The zero-order valence-corrected chi connectivity index (χ0v) is 16.4. The number of hydrogen-bond acceptors (Lipinski definition) is 6. The van der Waals surface area contributed by atoms with Crippen LogP contribution >= 0.6 is 0 Å². The van der Waals surface area contributed by atoms with Crippen molar-refractivity contribution in [1.29, 1.82) is 0 Å². The predicted octanol–water partition coefficient (Wildman–Crippen LogP) is 3.33. The molecule has 8 heteroatoms. The number of nitrogens with one attached hydrogen (secondary N) is 1. The van der Waals surface area contributed by atoms with Crippen molar-refractivity contribution in [3.63, 3.8) is 0 Å². The van der Waals surface area contributed by atoms with Crippen LogP contribution in [-0.2, 0) is 13.7 Å². The largest absolute Gasteiger partial charge is 0.485 e. The van der Waals surface area contributed by atoms with Crippen LogP contribution in [0.2, 0.25) is 0 Å². The second kappa shape index (κ2) is 7.75. The summed E-state index contributed by atoms with van der Waals surface area (Å²) in [4.78, 5) is 16.6. The smallest absolute Gasteiger partial charge is 0.273 e. The number of aryl methyl sites for hydroxylation is 2. The van der Waals surface area contributed by atoms with Gasteiger partial charge in [-0.3, -0.25) is 14.5 Å². The summed E-state index contributed by atoms with van der Waals surface area (Å²) in [5.41, 5.74) is 2.04. The Bertz CT molecular complexity index is 1160. The molecule has 3 aromatic heterocycles. The van der Waals surface area contributed by atoms with E-state index in [2.05, 4.69) is 20.6 Å². The fourth-order valence-corrected chi connectivity index (χ4v) is 3.25. The molecule has 0 aliphatic heterocycles. The molecule has 29 heavy (non-hydrogen) atoms. The van der Waals surface area contributed by atoms with Gasteiger partial charge in [0.05, 0.1) is 11.7 Å². The Kier molecular flexibility index (Phi) is 4.99. The molecular formula is C21H21N5O3. The Balaban J connectivity index is 1.41. The topological polar surface area (TPSA) is 95.1 Å². The first-order valence-corrected chi connectivity index (χ1v) is 9.23. The minimum absolute atomic E-state index is 0.166. The molecule has 8 nitrogen and oxygen atoms in total. The number of nitrogens with zero attached hydrogens (tertiary/aromatic N) is 4. The Morgan fingerprint density at radius 1 is 1.34 bits per heavy atom. The van der Waals surface area contributed by atoms with Crippen molar-refractivity contribution in [3.8, 4) is 5.75 Å². The summed E-state index contributed by atoms with van der Waals surface area (Å²) in [5.74, 6) is 0.867. The van der Waals surface area contributed by atoms with E-state index in [1.165, 1.54) is 0 Å². The van der Waals surface area contributed by atoms with Crippen molar-refractivity contribution < 1.29 is 14.1 Å². The molecule has 0 aliphatic rings. The van der Waals surface area contributed by atoms with Crippen molar-refractivity contribution in [2.24, 2.45) is 7.05 Å². The first-order chi connectivity index (χ1) is 14.0. The van der Waals surface area contributed by atoms with Crippen molar-refractivity contribution in [1.82, 2.24) is 25.2 Å². The monoisotopic (exact) mass is 391 g/mol. The van der Waals surface area contributed by atoms with E-state index >= 15 is 0 Å². The standard InChI is InChI=1S/C21H21N5O3/c1-13(18-11-26(3)24-14(18)2)23-21(27)19-9-16(29-25-19)12-28-20-6-4-5-15-10-22-8-7-17(15)20/h4-11,13H,12H2,1-3H3,(H,23,27). The molecule has 1 aromatic carbocycles. The lowest BCUT2D eigenvalue weighted by Crippen LogP contribution is -2.27. The zero-order valence-electron chi connectivity index (χ0n) is 16.4. The zero-order chi connectivity index (χ0) is 20.4. The molecule has 1 unspecified atom stereocenters. The number of amides is 1. The highest BCUT2D eigenvalue weighted by atomic mass is 16.5. The summed E-state index contributed by atoms with van der Waals surface area (Å²) in [7, 11) is 1.85. The lowest BCUT2D eigenvalue weighted by Gasteiger charge is -2.11. The van der Waals surface area contributed by atoms with Gasteiger partial charge < -0.3 is 14.6 Å². The van der Waals surface area contributed by atoms with Crippen LogP contribution in [0.5, 0.6) is 5.75 Å². The molecule has 1 atom stereocenters. The maximum atomic E-state index is 12.5. The molecular weight excluding hydrogens is 370 g/mol. The van der Waals surface area contributed by atoms with Gasteiger partial charge in [0.15, 0.2) is 11.5 Å². The molecule has 0 aliphatic carbocycles. The second-order valence-corrected chi connectivity index (χ2v) is 6.86. The Morgan fingerprint density at radius 3 is 3.00 bits per heavy atom. The molecule has 3 heterocycles. The van der Waals surface area contributed by atoms with Gasteiger partial charge in [0.2, 0.25) is 0 Å². The van der Waals surface area contributed by atoms with Gasteiger partial charge in [-0.15, -0.1) is 0 Å². The third-order valence-electron chi connectivity index (χ3n) is 4.67. The van der Waals surface area contributed by atoms with Crippen LogP contribution < -0.4 is 10.1 Å². The minimum atomic E-state index is -0.313. The molecule has 1 amide bonds. The second-order valence-electron chi connectivity index (χ2n) is 6.86. The van der Waals surface area contributed by atoms with Gasteiger partial charge in [0.25, 0.3) is 5.91 Å². The first kappa shape index (κ1) is 18.7. The maximum Gasteiger partial charge on any atom is 0.273 e. The average Bonchev–Trinajstić information content (AvgIpc) is 3.32. The number of hydrogen-bond donors (Lipinski definition) is 1. The fourth-order valence-electron chi connectivity index (χ4n) is 3.25. The van der Waals surface area contributed by atoms with E-state index in [9.17, 15) is 4.79 Å². The van der Waals surface area contributed by atoms with E-state index in [1.807, 2.05) is 51.4 Å². The first-order valence-electron chi connectivity index (χ1n) is 9.23. The molecule has 148 valence electrons. The van der Waals surface area contributed by atoms with Gasteiger partial charge in [-0.2, -0.15) is 5.10 Å². The van der Waals surface area contributed by atoms with E-state index in [1.54, 1.807) is 23.1 Å². The van der Waals surface area contributed by atoms with E-state index < -0.39 is 0 Å². The number of carbonyl (C=O) groups excluding carboxylic acids is 1. The van der Waals surface area contributed by atoms with Crippen LogP contribution in [0.4, 0.5) is 0 Å². The van der Waals surface area contributed by atoms with E-state index in [0.29, 0.717) is 11.5 Å². The Labute approximate surface area is 167 Å². The highest BCUT2D eigenvalue weighted by Gasteiger charge is 2.18. The summed E-state index contributed by atoms with van der Waals surface area (Å²) in [6.07, 6.45) is 5.39. The van der Waals surface area contributed by atoms with Crippen molar-refractivity contribution in [3.05, 3.63) is 71.6 Å². The van der Waals surface area contributed by atoms with Crippen molar-refractivity contribution >= 4 is 16.7 Å². The number of pyridine rings is 1. The maximum absolute atomic E-state index is 12.5. The van der Waals surface area contributed by atoms with Gasteiger partial charge >= 0.3 is 0 Å². The van der Waals surface area contributed by atoms with Gasteiger partial charge in [-0.1, -0.05) is 17.3 Å². The van der Waals surface area contributed by atoms with E-state index in [0.717, 1.165) is 22.0 Å². The van der Waals surface area contributed by atoms with Gasteiger partial charge in [0.1, 0.15) is 12.4 Å². The van der Waals surface area contributed by atoms with Crippen LogP contribution in [0.25, 0.3) is 10.8 Å². The summed E-state index contributed by atoms with van der Waals surface area (Å²) in [6.45, 7) is 3.98. The van der Waals surface area contributed by atoms with Gasteiger partial charge in [-0.25, -0.2) is 0 Å². The van der Waals surface area contributed by atoms with Crippen LogP contribution in [-0.4, -0.2) is 25.8 Å². The summed E-state index contributed by atoms with van der Waals surface area (Å²) in [5, 5.41) is 13.0. The summed E-state index contributed by atoms with van der Waals surface area (Å²) in [6, 6.07) is 9.04. The number of rotatable bonds is 6. The normalized spacial score (nSPS) is 12.1. The van der Waals surface area contributed by atoms with Crippen LogP contribution in [0, 0.1) is 6.92 Å². The summed E-state index contributed by atoms with van der Waals surface area (Å²) >= 11 is 0.